The molecule has 3 aromatic rings. The molecule has 4 rings (SSSR count). The van der Waals surface area contributed by atoms with Crippen molar-refractivity contribution in [2.24, 2.45) is 10.9 Å². The highest BCUT2D eigenvalue weighted by Crippen LogP contribution is 2.51. The predicted octanol–water partition coefficient (Wildman–Crippen LogP) is 4.44. The van der Waals surface area contributed by atoms with Crippen LogP contribution in [0.15, 0.2) is 29.5 Å². The second-order valence-electron chi connectivity index (χ2n) is 6.60. The molecule has 27 heavy (non-hydrogen) atoms. The number of halogens is 3. The maximum absolute atomic E-state index is 12.7. The van der Waals surface area contributed by atoms with Crippen LogP contribution in [-0.2, 0) is 0 Å². The van der Waals surface area contributed by atoms with E-state index in [9.17, 15) is 13.2 Å². The van der Waals surface area contributed by atoms with E-state index < -0.39 is 12.1 Å². The zero-order valence-electron chi connectivity index (χ0n) is 14.4. The molecule has 1 aliphatic rings. The first-order valence-corrected chi connectivity index (χ1v) is 9.18. The highest BCUT2D eigenvalue weighted by molar-refractivity contribution is 7.18. The molecular weight excluding hydrogens is 375 g/mol. The zero-order valence-corrected chi connectivity index (χ0v) is 15.2. The molecule has 0 spiro atoms. The summed E-state index contributed by atoms with van der Waals surface area (Å²) in [5.74, 6) is -0.373. The van der Waals surface area contributed by atoms with Gasteiger partial charge in [-0.3, -0.25) is 4.99 Å². The molecule has 0 atom stereocenters. The van der Waals surface area contributed by atoms with Gasteiger partial charge in [-0.2, -0.15) is 13.2 Å². The number of aliphatic imine (C=N–C) groups is 1. The van der Waals surface area contributed by atoms with E-state index in [0.717, 1.165) is 15.1 Å². The Balaban J connectivity index is 1.61. The number of rotatable bonds is 3. The highest BCUT2D eigenvalue weighted by Gasteiger charge is 2.48. The van der Waals surface area contributed by atoms with Gasteiger partial charge in [-0.05, 0) is 30.9 Å². The number of hydrogen-bond acceptors (Lipinski definition) is 6. The molecule has 2 N–H and O–H groups in total. The third-order valence-electron chi connectivity index (χ3n) is 4.77. The Hall–Kier alpha value is -2.55. The lowest BCUT2D eigenvalue weighted by Gasteiger charge is -2.35. The summed E-state index contributed by atoms with van der Waals surface area (Å²) in [5, 5.41) is 0.841. The van der Waals surface area contributed by atoms with Gasteiger partial charge in [-0.15, -0.1) is 11.3 Å². The lowest BCUT2D eigenvalue weighted by Crippen LogP contribution is -2.34. The van der Waals surface area contributed by atoms with E-state index >= 15 is 0 Å². The minimum atomic E-state index is -4.10. The van der Waals surface area contributed by atoms with Crippen molar-refractivity contribution >= 4 is 33.6 Å². The summed E-state index contributed by atoms with van der Waals surface area (Å²) in [6, 6.07) is 3.71. The topological polar surface area (TPSA) is 77.0 Å². The van der Waals surface area contributed by atoms with Crippen molar-refractivity contribution in [3.05, 3.63) is 35.0 Å². The SMILES string of the molecule is CN=Cc1cc(-c2ncc3cc(C4CC(C(F)(F)F)C4)sc3n2)cnc1N. The van der Waals surface area contributed by atoms with Crippen molar-refractivity contribution in [2.45, 2.75) is 24.9 Å². The number of anilines is 1. The third-order valence-corrected chi connectivity index (χ3v) is 5.98. The molecule has 0 unspecified atom stereocenters. The largest absolute Gasteiger partial charge is 0.391 e. The van der Waals surface area contributed by atoms with Crippen molar-refractivity contribution in [2.75, 3.05) is 12.8 Å². The Morgan fingerprint density at radius 2 is 2.00 bits per heavy atom. The van der Waals surface area contributed by atoms with Crippen molar-refractivity contribution in [1.29, 1.82) is 0 Å². The number of aromatic nitrogens is 3. The fourth-order valence-corrected chi connectivity index (χ4v) is 4.30. The quantitative estimate of drug-likeness (QED) is 0.670. The molecule has 0 saturated heterocycles. The Morgan fingerprint density at radius 3 is 2.70 bits per heavy atom. The molecule has 0 bridgehead atoms. The van der Waals surface area contributed by atoms with Crippen molar-refractivity contribution in [3.63, 3.8) is 0 Å². The van der Waals surface area contributed by atoms with E-state index in [4.69, 9.17) is 5.73 Å². The first kappa shape index (κ1) is 17.8. The summed E-state index contributed by atoms with van der Waals surface area (Å²) < 4.78 is 38.1. The molecule has 1 aliphatic carbocycles. The number of nitrogens with zero attached hydrogens (tertiary/aromatic N) is 4. The van der Waals surface area contributed by atoms with Crippen LogP contribution in [0.25, 0.3) is 21.6 Å². The number of fused-ring (bicyclic) bond motifs is 1. The number of thiophene rings is 1. The monoisotopic (exact) mass is 391 g/mol. The van der Waals surface area contributed by atoms with Crippen LogP contribution in [0.2, 0.25) is 0 Å². The molecule has 0 aliphatic heterocycles. The fraction of sp³-hybridized carbons (Fsp3) is 0.333. The van der Waals surface area contributed by atoms with E-state index in [1.165, 1.54) is 11.3 Å². The predicted molar refractivity (Wildman–Crippen MR) is 100 cm³/mol. The maximum atomic E-state index is 12.7. The second kappa shape index (κ2) is 6.56. The molecular formula is C18H16F3N5S. The average Bonchev–Trinajstić information content (AvgIpc) is 2.96. The number of nitrogen functional groups attached to an aromatic ring is 1. The summed E-state index contributed by atoms with van der Waals surface area (Å²) >= 11 is 1.43. The molecule has 3 heterocycles. The van der Waals surface area contributed by atoms with Gasteiger partial charge >= 0.3 is 6.18 Å². The van der Waals surface area contributed by atoms with Gasteiger partial charge in [-0.25, -0.2) is 15.0 Å². The van der Waals surface area contributed by atoms with Crippen LogP contribution in [0.1, 0.15) is 29.2 Å². The Kier molecular flexibility index (Phi) is 4.33. The van der Waals surface area contributed by atoms with Crippen LogP contribution in [0.3, 0.4) is 0 Å². The van der Waals surface area contributed by atoms with Crippen LogP contribution < -0.4 is 5.73 Å². The van der Waals surface area contributed by atoms with Crippen LogP contribution in [0.5, 0.6) is 0 Å². The third kappa shape index (κ3) is 3.39. The maximum Gasteiger partial charge on any atom is 0.391 e. The van der Waals surface area contributed by atoms with Gasteiger partial charge in [0.15, 0.2) is 5.82 Å². The highest BCUT2D eigenvalue weighted by atomic mass is 32.1. The summed E-state index contributed by atoms with van der Waals surface area (Å²) in [4.78, 5) is 18.7. The smallest absolute Gasteiger partial charge is 0.383 e. The van der Waals surface area contributed by atoms with Gasteiger partial charge in [0.25, 0.3) is 0 Å². The summed E-state index contributed by atoms with van der Waals surface area (Å²) in [5.41, 5.74) is 7.21. The molecule has 0 amide bonds. The van der Waals surface area contributed by atoms with Gasteiger partial charge in [0, 0.05) is 47.0 Å². The standard InChI is InChI=1S/C18H16F3N5S/c1-23-6-10-2-11(7-24-15(10)22)16-25-8-12-5-14(27-17(12)26-16)9-3-13(4-9)18(19,20)21/h2,5-9,13H,3-4H2,1H3,(H2,22,24). The first-order chi connectivity index (χ1) is 12.8. The number of alkyl halides is 3. The number of pyridine rings is 1. The minimum absolute atomic E-state index is 0.0511. The lowest BCUT2D eigenvalue weighted by atomic mass is 9.74. The minimum Gasteiger partial charge on any atom is -0.383 e. The Bertz CT molecular complexity index is 1020. The van der Waals surface area contributed by atoms with Gasteiger partial charge in [0.05, 0.1) is 5.92 Å². The summed E-state index contributed by atoms with van der Waals surface area (Å²) in [6.07, 6.45) is 1.11. The molecule has 140 valence electrons. The van der Waals surface area contributed by atoms with E-state index in [1.54, 1.807) is 25.7 Å². The molecule has 0 aromatic carbocycles. The Morgan fingerprint density at radius 1 is 1.22 bits per heavy atom. The summed E-state index contributed by atoms with van der Waals surface area (Å²) in [7, 11) is 1.64. The van der Waals surface area contributed by atoms with Crippen LogP contribution in [0.4, 0.5) is 19.0 Å². The molecule has 5 nitrogen and oxygen atoms in total. The van der Waals surface area contributed by atoms with Crippen molar-refractivity contribution in [3.8, 4) is 11.4 Å². The number of hydrogen-bond donors (Lipinski definition) is 1. The van der Waals surface area contributed by atoms with Crippen LogP contribution in [-0.4, -0.2) is 34.4 Å². The second-order valence-corrected chi connectivity index (χ2v) is 7.66. The lowest BCUT2D eigenvalue weighted by molar-refractivity contribution is -0.197. The van der Waals surface area contributed by atoms with Crippen LogP contribution >= 0.6 is 11.3 Å². The van der Waals surface area contributed by atoms with E-state index in [2.05, 4.69) is 19.9 Å². The van der Waals surface area contributed by atoms with Crippen molar-refractivity contribution in [1.82, 2.24) is 15.0 Å². The van der Waals surface area contributed by atoms with Crippen LogP contribution in [0, 0.1) is 5.92 Å². The summed E-state index contributed by atoms with van der Waals surface area (Å²) in [6.45, 7) is 0. The Labute approximate surface area is 157 Å². The zero-order chi connectivity index (χ0) is 19.2. The van der Waals surface area contributed by atoms with Gasteiger partial charge < -0.3 is 5.73 Å². The van der Waals surface area contributed by atoms with E-state index in [-0.39, 0.29) is 18.8 Å². The molecule has 0 radical (unpaired) electrons. The molecule has 1 fully saturated rings. The molecule has 9 heteroatoms. The van der Waals surface area contributed by atoms with Crippen molar-refractivity contribution < 1.29 is 13.2 Å². The van der Waals surface area contributed by atoms with Gasteiger partial charge in [0.1, 0.15) is 10.6 Å². The van der Waals surface area contributed by atoms with E-state index in [1.807, 2.05) is 12.1 Å². The van der Waals surface area contributed by atoms with Gasteiger partial charge in [0.2, 0.25) is 0 Å². The molecule has 3 aromatic heterocycles. The molecule has 1 saturated carbocycles. The number of nitrogens with two attached hydrogens (primary N) is 1. The van der Waals surface area contributed by atoms with Gasteiger partial charge in [-0.1, -0.05) is 0 Å². The first-order valence-electron chi connectivity index (χ1n) is 8.36. The van der Waals surface area contributed by atoms with E-state index in [0.29, 0.717) is 22.8 Å². The normalized spacial score (nSPS) is 20.3. The average molecular weight is 391 g/mol. The fourth-order valence-electron chi connectivity index (χ4n) is 3.17.